The van der Waals surface area contributed by atoms with Gasteiger partial charge in [0.15, 0.2) is 0 Å². The fourth-order valence-electron chi connectivity index (χ4n) is 1.87. The van der Waals surface area contributed by atoms with E-state index in [-0.39, 0.29) is 11.8 Å². The number of hydrogen-bond acceptors (Lipinski definition) is 3. The van der Waals surface area contributed by atoms with Crippen LogP contribution >= 0.6 is 0 Å². The van der Waals surface area contributed by atoms with Gasteiger partial charge in [0.2, 0.25) is 0 Å². The van der Waals surface area contributed by atoms with Gasteiger partial charge in [-0.1, -0.05) is 12.1 Å². The summed E-state index contributed by atoms with van der Waals surface area (Å²) in [5, 5.41) is 13.7. The monoisotopic (exact) mass is 231 g/mol. The van der Waals surface area contributed by atoms with E-state index in [1.807, 2.05) is 32.3 Å². The van der Waals surface area contributed by atoms with Crippen LogP contribution in [0.15, 0.2) is 30.5 Å². The van der Waals surface area contributed by atoms with Crippen LogP contribution in [-0.4, -0.2) is 20.9 Å². The van der Waals surface area contributed by atoms with Gasteiger partial charge in [-0.3, -0.25) is 4.68 Å². The van der Waals surface area contributed by atoms with Crippen molar-refractivity contribution in [3.63, 3.8) is 0 Å². The van der Waals surface area contributed by atoms with Crippen LogP contribution in [0.1, 0.15) is 12.6 Å². The topological polar surface area (TPSA) is 64.1 Å². The molecule has 2 rings (SSSR count). The quantitative estimate of drug-likeness (QED) is 0.844. The minimum Gasteiger partial charge on any atom is -0.508 e. The van der Waals surface area contributed by atoms with Gasteiger partial charge >= 0.3 is 0 Å². The number of nitrogens with zero attached hydrogens (tertiary/aromatic N) is 2. The summed E-state index contributed by atoms with van der Waals surface area (Å²) in [5.41, 5.74) is 8.93. The SMILES string of the molecule is CC(N)Cc1nn(C)cc1-c1ccc(O)cc1. The summed E-state index contributed by atoms with van der Waals surface area (Å²) in [5.74, 6) is 0.270. The lowest BCUT2D eigenvalue weighted by Gasteiger charge is -2.05. The van der Waals surface area contributed by atoms with E-state index in [0.29, 0.717) is 0 Å². The summed E-state index contributed by atoms with van der Waals surface area (Å²) in [7, 11) is 1.90. The smallest absolute Gasteiger partial charge is 0.115 e. The van der Waals surface area contributed by atoms with Crippen LogP contribution in [0.5, 0.6) is 5.75 Å². The van der Waals surface area contributed by atoms with Crippen molar-refractivity contribution in [2.24, 2.45) is 12.8 Å². The predicted molar refractivity (Wildman–Crippen MR) is 67.7 cm³/mol. The minimum absolute atomic E-state index is 0.0840. The van der Waals surface area contributed by atoms with Crippen molar-refractivity contribution >= 4 is 0 Å². The van der Waals surface area contributed by atoms with Crippen molar-refractivity contribution in [1.82, 2.24) is 9.78 Å². The molecule has 1 aromatic heterocycles. The summed E-state index contributed by atoms with van der Waals surface area (Å²) in [6, 6.07) is 7.21. The average Bonchev–Trinajstić information content (AvgIpc) is 2.59. The van der Waals surface area contributed by atoms with Gasteiger partial charge in [-0.05, 0) is 24.6 Å². The molecule has 4 nitrogen and oxygen atoms in total. The van der Waals surface area contributed by atoms with Gasteiger partial charge in [0.25, 0.3) is 0 Å². The van der Waals surface area contributed by atoms with E-state index in [9.17, 15) is 5.11 Å². The molecule has 0 spiro atoms. The zero-order chi connectivity index (χ0) is 12.4. The van der Waals surface area contributed by atoms with Crippen molar-refractivity contribution in [3.05, 3.63) is 36.2 Å². The van der Waals surface area contributed by atoms with Gasteiger partial charge in [0.05, 0.1) is 5.69 Å². The van der Waals surface area contributed by atoms with E-state index < -0.39 is 0 Å². The zero-order valence-electron chi connectivity index (χ0n) is 10.1. The third-order valence-corrected chi connectivity index (χ3v) is 2.60. The molecule has 4 heteroatoms. The van der Waals surface area contributed by atoms with Gasteiger partial charge in [-0.2, -0.15) is 5.10 Å². The number of nitrogens with two attached hydrogens (primary N) is 1. The third kappa shape index (κ3) is 2.65. The second kappa shape index (κ2) is 4.59. The predicted octanol–water partition coefficient (Wildman–Crippen LogP) is 1.68. The van der Waals surface area contributed by atoms with Gasteiger partial charge in [-0.25, -0.2) is 0 Å². The number of phenolic OH excluding ortho intramolecular Hbond substituents is 1. The fraction of sp³-hybridized carbons (Fsp3) is 0.308. The van der Waals surface area contributed by atoms with Crippen molar-refractivity contribution in [2.75, 3.05) is 0 Å². The normalized spacial score (nSPS) is 12.6. The zero-order valence-corrected chi connectivity index (χ0v) is 10.1. The highest BCUT2D eigenvalue weighted by atomic mass is 16.3. The highest BCUT2D eigenvalue weighted by Crippen LogP contribution is 2.25. The molecule has 0 fully saturated rings. The molecule has 1 atom stereocenters. The second-order valence-electron chi connectivity index (χ2n) is 4.39. The number of rotatable bonds is 3. The van der Waals surface area contributed by atoms with Crippen LogP contribution in [0.3, 0.4) is 0 Å². The first-order valence-electron chi connectivity index (χ1n) is 5.64. The van der Waals surface area contributed by atoms with Crippen LogP contribution in [0, 0.1) is 0 Å². The van der Waals surface area contributed by atoms with E-state index in [1.165, 1.54) is 0 Å². The molecule has 1 aromatic carbocycles. The Morgan fingerprint density at radius 1 is 1.35 bits per heavy atom. The first-order chi connectivity index (χ1) is 8.06. The lowest BCUT2D eigenvalue weighted by Crippen LogP contribution is -2.18. The molecule has 0 saturated carbocycles. The molecule has 1 unspecified atom stereocenters. The van der Waals surface area contributed by atoms with Crippen LogP contribution in [-0.2, 0) is 13.5 Å². The Hall–Kier alpha value is -1.81. The lowest BCUT2D eigenvalue weighted by atomic mass is 10.0. The third-order valence-electron chi connectivity index (χ3n) is 2.60. The van der Waals surface area contributed by atoms with Crippen LogP contribution in [0.25, 0.3) is 11.1 Å². The molecule has 0 aliphatic heterocycles. The van der Waals surface area contributed by atoms with Crippen molar-refractivity contribution in [2.45, 2.75) is 19.4 Å². The maximum atomic E-state index is 9.28. The summed E-state index contributed by atoms with van der Waals surface area (Å²) in [6.07, 6.45) is 2.72. The maximum absolute atomic E-state index is 9.28. The number of phenols is 1. The van der Waals surface area contributed by atoms with E-state index in [0.717, 1.165) is 23.2 Å². The molecule has 0 aliphatic rings. The molecular formula is C13H17N3O. The first-order valence-corrected chi connectivity index (χ1v) is 5.64. The maximum Gasteiger partial charge on any atom is 0.115 e. The van der Waals surface area contributed by atoms with E-state index >= 15 is 0 Å². The summed E-state index contributed by atoms with van der Waals surface area (Å²) >= 11 is 0. The molecule has 17 heavy (non-hydrogen) atoms. The second-order valence-corrected chi connectivity index (χ2v) is 4.39. The highest BCUT2D eigenvalue weighted by molar-refractivity contribution is 5.66. The molecule has 0 bridgehead atoms. The molecule has 90 valence electrons. The molecule has 0 aliphatic carbocycles. The first kappa shape index (κ1) is 11.7. The Kier molecular flexibility index (Phi) is 3.15. The average molecular weight is 231 g/mol. The Morgan fingerprint density at radius 2 is 2.00 bits per heavy atom. The van der Waals surface area contributed by atoms with Crippen molar-refractivity contribution in [3.8, 4) is 16.9 Å². The molecule has 2 aromatic rings. The molecule has 0 amide bonds. The van der Waals surface area contributed by atoms with E-state index in [2.05, 4.69) is 5.10 Å². The Labute approximate surface area is 101 Å². The Bertz CT molecular complexity index is 500. The standard InChI is InChI=1S/C13H17N3O/c1-9(14)7-13-12(8-16(2)15-13)10-3-5-11(17)6-4-10/h3-6,8-9,17H,7,14H2,1-2H3. The number of aromatic hydroxyl groups is 1. The Balaban J connectivity index is 2.40. The Morgan fingerprint density at radius 3 is 2.59 bits per heavy atom. The molecular weight excluding hydrogens is 214 g/mol. The number of aromatic nitrogens is 2. The summed E-state index contributed by atoms with van der Waals surface area (Å²) in [4.78, 5) is 0. The van der Waals surface area contributed by atoms with Gasteiger partial charge < -0.3 is 10.8 Å². The molecule has 3 N–H and O–H groups in total. The van der Waals surface area contributed by atoms with E-state index in [1.54, 1.807) is 16.8 Å². The number of aryl methyl sites for hydroxylation is 1. The van der Waals surface area contributed by atoms with Gasteiger partial charge in [0, 0.05) is 31.3 Å². The molecule has 0 saturated heterocycles. The number of hydrogen-bond donors (Lipinski definition) is 2. The van der Waals surface area contributed by atoms with Gasteiger partial charge in [0.1, 0.15) is 5.75 Å². The fourth-order valence-corrected chi connectivity index (χ4v) is 1.87. The summed E-state index contributed by atoms with van der Waals surface area (Å²) < 4.78 is 1.79. The van der Waals surface area contributed by atoms with Crippen molar-refractivity contribution in [1.29, 1.82) is 0 Å². The minimum atomic E-state index is 0.0840. The lowest BCUT2D eigenvalue weighted by molar-refractivity contribution is 0.475. The van der Waals surface area contributed by atoms with Crippen molar-refractivity contribution < 1.29 is 5.11 Å². The highest BCUT2D eigenvalue weighted by Gasteiger charge is 2.11. The van der Waals surface area contributed by atoms with Gasteiger partial charge in [-0.15, -0.1) is 0 Å². The molecule has 0 radical (unpaired) electrons. The van der Waals surface area contributed by atoms with Crippen LogP contribution < -0.4 is 5.73 Å². The van der Waals surface area contributed by atoms with Crippen LogP contribution in [0.2, 0.25) is 0 Å². The van der Waals surface area contributed by atoms with E-state index in [4.69, 9.17) is 5.73 Å². The summed E-state index contributed by atoms with van der Waals surface area (Å²) in [6.45, 7) is 1.97. The number of benzene rings is 1. The van der Waals surface area contributed by atoms with Crippen LogP contribution in [0.4, 0.5) is 0 Å². The molecule has 1 heterocycles. The largest absolute Gasteiger partial charge is 0.508 e.